The van der Waals surface area contributed by atoms with Crippen molar-refractivity contribution in [1.82, 2.24) is 5.32 Å². The van der Waals surface area contributed by atoms with Crippen molar-refractivity contribution in [2.75, 3.05) is 20.3 Å². The van der Waals surface area contributed by atoms with Gasteiger partial charge in [-0.1, -0.05) is 23.2 Å². The highest BCUT2D eigenvalue weighted by atomic mass is 35.7. The van der Waals surface area contributed by atoms with Gasteiger partial charge in [0.1, 0.15) is 0 Å². The van der Waals surface area contributed by atoms with Gasteiger partial charge in [0.25, 0.3) is 15.0 Å². The number of halogens is 3. The predicted molar refractivity (Wildman–Crippen MR) is 82.9 cm³/mol. The molecule has 1 amide bonds. The van der Waals surface area contributed by atoms with Crippen molar-refractivity contribution < 1.29 is 17.9 Å². The fourth-order valence-corrected chi connectivity index (χ4v) is 2.80. The van der Waals surface area contributed by atoms with Crippen LogP contribution in [0.2, 0.25) is 10.0 Å². The maximum Gasteiger partial charge on any atom is 0.261 e. The number of ether oxygens (including phenoxy) is 1. The number of hydrogen-bond donors (Lipinski definition) is 1. The van der Waals surface area contributed by atoms with Crippen LogP contribution in [0.15, 0.2) is 17.0 Å². The maximum atomic E-state index is 12.0. The molecule has 0 aliphatic rings. The lowest BCUT2D eigenvalue weighted by Gasteiger charge is -2.09. The van der Waals surface area contributed by atoms with Crippen LogP contribution in [-0.2, 0) is 13.8 Å². The van der Waals surface area contributed by atoms with Gasteiger partial charge in [-0.05, 0) is 25.0 Å². The molecule has 0 unspecified atom stereocenters. The molecule has 21 heavy (non-hydrogen) atoms. The molecule has 0 bridgehead atoms. The van der Waals surface area contributed by atoms with Crippen LogP contribution < -0.4 is 5.32 Å². The first-order valence-corrected chi connectivity index (χ1v) is 9.04. The lowest BCUT2D eigenvalue weighted by Crippen LogP contribution is -2.25. The third-order valence-electron chi connectivity index (χ3n) is 2.59. The van der Waals surface area contributed by atoms with Gasteiger partial charge in [0.15, 0.2) is 0 Å². The zero-order valence-electron chi connectivity index (χ0n) is 11.2. The molecule has 0 aliphatic heterocycles. The summed E-state index contributed by atoms with van der Waals surface area (Å²) in [7, 11) is 2.84. The summed E-state index contributed by atoms with van der Waals surface area (Å²) in [6.45, 7) is 1.01. The number of nitrogens with one attached hydrogen (secondary N) is 1. The number of rotatable bonds is 7. The summed E-state index contributed by atoms with van der Waals surface area (Å²) < 4.78 is 27.5. The van der Waals surface area contributed by atoms with E-state index in [4.69, 9.17) is 38.6 Å². The first-order chi connectivity index (χ1) is 9.77. The number of hydrogen-bond acceptors (Lipinski definition) is 4. The Morgan fingerprint density at radius 3 is 2.52 bits per heavy atom. The Labute approximate surface area is 137 Å². The highest BCUT2D eigenvalue weighted by molar-refractivity contribution is 8.13. The Morgan fingerprint density at radius 1 is 1.29 bits per heavy atom. The average Bonchev–Trinajstić information content (AvgIpc) is 2.40. The minimum Gasteiger partial charge on any atom is -0.385 e. The number of carbonyl (C=O) groups excluding carboxylic acids is 1. The zero-order valence-corrected chi connectivity index (χ0v) is 14.2. The van der Waals surface area contributed by atoms with Gasteiger partial charge in [0.05, 0.1) is 20.5 Å². The monoisotopic (exact) mass is 373 g/mol. The number of unbranched alkanes of at least 4 members (excludes halogenated alkanes) is 1. The van der Waals surface area contributed by atoms with Crippen LogP contribution in [0, 0.1) is 0 Å². The molecule has 0 saturated heterocycles. The second-order valence-corrected chi connectivity index (χ2v) is 7.51. The van der Waals surface area contributed by atoms with Crippen LogP contribution in [-0.4, -0.2) is 34.6 Å². The third-order valence-corrected chi connectivity index (χ3v) is 4.72. The predicted octanol–water partition coefficient (Wildman–Crippen LogP) is 3.08. The minimum atomic E-state index is -4.00. The van der Waals surface area contributed by atoms with E-state index in [1.165, 1.54) is 0 Å². The van der Waals surface area contributed by atoms with Gasteiger partial charge in [0, 0.05) is 30.9 Å². The second-order valence-electron chi connectivity index (χ2n) is 4.16. The molecule has 5 nitrogen and oxygen atoms in total. The number of methoxy groups -OCH3 is 1. The lowest BCUT2D eigenvalue weighted by atomic mass is 10.2. The van der Waals surface area contributed by atoms with Gasteiger partial charge in [-0.3, -0.25) is 4.79 Å². The fraction of sp³-hybridized carbons (Fsp3) is 0.417. The van der Waals surface area contributed by atoms with Gasteiger partial charge in [0.2, 0.25) is 0 Å². The number of carbonyl (C=O) groups is 1. The summed E-state index contributed by atoms with van der Waals surface area (Å²) in [5, 5.41) is 2.56. The van der Waals surface area contributed by atoms with Gasteiger partial charge in [-0.15, -0.1) is 0 Å². The van der Waals surface area contributed by atoms with Crippen molar-refractivity contribution in [2.45, 2.75) is 17.7 Å². The Hall–Kier alpha value is -0.530. The van der Waals surface area contributed by atoms with E-state index in [0.29, 0.717) is 13.2 Å². The molecule has 0 radical (unpaired) electrons. The summed E-state index contributed by atoms with van der Waals surface area (Å²) in [6.07, 6.45) is 1.51. The van der Waals surface area contributed by atoms with E-state index in [1.807, 2.05) is 0 Å². The molecule has 9 heteroatoms. The molecule has 0 aliphatic carbocycles. The topological polar surface area (TPSA) is 72.5 Å². The lowest BCUT2D eigenvalue weighted by molar-refractivity contribution is 0.0951. The maximum absolute atomic E-state index is 12.0. The molecule has 1 aromatic carbocycles. The van der Waals surface area contributed by atoms with Gasteiger partial charge in [-0.25, -0.2) is 8.42 Å². The van der Waals surface area contributed by atoms with E-state index >= 15 is 0 Å². The summed E-state index contributed by atoms with van der Waals surface area (Å²) in [5.74, 6) is -0.513. The summed E-state index contributed by atoms with van der Waals surface area (Å²) in [4.78, 5) is 11.7. The first-order valence-electron chi connectivity index (χ1n) is 5.98. The molecular weight excluding hydrogens is 361 g/mol. The summed E-state index contributed by atoms with van der Waals surface area (Å²) >= 11 is 11.7. The number of benzene rings is 1. The van der Waals surface area contributed by atoms with Crippen LogP contribution in [0.1, 0.15) is 23.2 Å². The van der Waals surface area contributed by atoms with Crippen molar-refractivity contribution in [3.63, 3.8) is 0 Å². The van der Waals surface area contributed by atoms with Crippen LogP contribution >= 0.6 is 33.9 Å². The highest BCUT2D eigenvalue weighted by Gasteiger charge is 2.19. The fourth-order valence-electron chi connectivity index (χ4n) is 1.54. The van der Waals surface area contributed by atoms with Gasteiger partial charge in [-0.2, -0.15) is 0 Å². The van der Waals surface area contributed by atoms with Gasteiger partial charge >= 0.3 is 0 Å². The van der Waals surface area contributed by atoms with Crippen molar-refractivity contribution in [3.05, 3.63) is 27.7 Å². The molecule has 118 valence electrons. The van der Waals surface area contributed by atoms with E-state index in [9.17, 15) is 13.2 Å². The van der Waals surface area contributed by atoms with Crippen molar-refractivity contribution in [2.24, 2.45) is 0 Å². The summed E-state index contributed by atoms with van der Waals surface area (Å²) in [6, 6.07) is 2.20. The molecule has 1 rings (SSSR count). The Bertz CT molecular complexity index is 619. The molecule has 0 atom stereocenters. The third kappa shape index (κ3) is 5.64. The SMILES string of the molecule is COCCCCNC(=O)c1cc(S(=O)(=O)Cl)cc(Cl)c1Cl. The second kappa shape index (κ2) is 8.19. The van der Waals surface area contributed by atoms with Crippen LogP contribution in [0.3, 0.4) is 0 Å². The highest BCUT2D eigenvalue weighted by Crippen LogP contribution is 2.30. The normalized spacial score (nSPS) is 11.4. The Morgan fingerprint density at radius 2 is 1.95 bits per heavy atom. The van der Waals surface area contributed by atoms with Crippen LogP contribution in [0.4, 0.5) is 0 Å². The smallest absolute Gasteiger partial charge is 0.261 e. The van der Waals surface area contributed by atoms with E-state index in [-0.39, 0.29) is 20.5 Å². The van der Waals surface area contributed by atoms with E-state index in [0.717, 1.165) is 25.0 Å². The molecular formula is C12H14Cl3NO4S. The summed E-state index contributed by atoms with van der Waals surface area (Å²) in [5.41, 5.74) is -0.0323. The van der Waals surface area contributed by atoms with E-state index in [1.54, 1.807) is 7.11 Å². The average molecular weight is 375 g/mol. The largest absolute Gasteiger partial charge is 0.385 e. The van der Waals surface area contributed by atoms with E-state index in [2.05, 4.69) is 5.32 Å². The van der Waals surface area contributed by atoms with Crippen molar-refractivity contribution >= 4 is 48.8 Å². The molecule has 0 fully saturated rings. The first kappa shape index (κ1) is 18.5. The molecule has 0 aromatic heterocycles. The van der Waals surface area contributed by atoms with Crippen molar-refractivity contribution in [3.8, 4) is 0 Å². The molecule has 1 aromatic rings. The van der Waals surface area contributed by atoms with Crippen molar-refractivity contribution in [1.29, 1.82) is 0 Å². The number of amides is 1. The minimum absolute atomic E-state index is 0.0184. The zero-order chi connectivity index (χ0) is 16.0. The molecule has 0 heterocycles. The van der Waals surface area contributed by atoms with Crippen LogP contribution in [0.25, 0.3) is 0 Å². The quantitative estimate of drug-likeness (QED) is 0.588. The molecule has 0 spiro atoms. The van der Waals surface area contributed by atoms with E-state index < -0.39 is 15.0 Å². The van der Waals surface area contributed by atoms with Crippen LogP contribution in [0.5, 0.6) is 0 Å². The van der Waals surface area contributed by atoms with Gasteiger partial charge < -0.3 is 10.1 Å². The Balaban J connectivity index is 2.86. The Kier molecular flexibility index (Phi) is 7.23. The standard InChI is InChI=1S/C12H14Cl3NO4S/c1-20-5-3-2-4-16-12(17)9-6-8(21(15,18)19)7-10(13)11(9)14/h6-7H,2-5H2,1H3,(H,16,17). The molecule has 1 N–H and O–H groups in total. The molecule has 0 saturated carbocycles.